The molecule has 0 aliphatic carbocycles. The van der Waals surface area contributed by atoms with Crippen LogP contribution in [-0.2, 0) is 26.0 Å². The Morgan fingerprint density at radius 2 is 1.83 bits per heavy atom. The topological polar surface area (TPSA) is 115 Å². The van der Waals surface area contributed by atoms with E-state index in [1.54, 1.807) is 19.9 Å². The van der Waals surface area contributed by atoms with Crippen LogP contribution in [0, 0.1) is 13.8 Å². The second-order valence-corrected chi connectivity index (χ2v) is 8.79. The Bertz CT molecular complexity index is 1050. The summed E-state index contributed by atoms with van der Waals surface area (Å²) in [5.74, 6) is -0.192. The first kappa shape index (κ1) is 22.0. The standard InChI is InChI=1S/C20H24N2O7S/c1-13-4-5-16(30(25,26)22-6-8-28-9-7-22)11-17(13)19(23)21-12-15-10-18(14(2)29-15)20(24)27-3/h4-5,10-11H,6-9,12H2,1-3H3,(H,21,23). The first-order chi connectivity index (χ1) is 14.2. The first-order valence-corrected chi connectivity index (χ1v) is 10.8. The fourth-order valence-corrected chi connectivity index (χ4v) is 4.58. The molecule has 0 spiro atoms. The number of nitrogens with zero attached hydrogens (tertiary/aromatic N) is 1. The molecule has 1 aliphatic heterocycles. The number of furan rings is 1. The molecular formula is C20H24N2O7S. The molecule has 0 saturated carbocycles. The van der Waals surface area contributed by atoms with Gasteiger partial charge in [0.05, 0.1) is 31.8 Å². The zero-order chi connectivity index (χ0) is 21.9. The van der Waals surface area contributed by atoms with Crippen molar-refractivity contribution in [1.82, 2.24) is 9.62 Å². The van der Waals surface area contributed by atoms with E-state index in [2.05, 4.69) is 10.1 Å². The van der Waals surface area contributed by atoms with Gasteiger partial charge in [-0.2, -0.15) is 4.31 Å². The third kappa shape index (κ3) is 4.55. The predicted molar refractivity (Wildman–Crippen MR) is 107 cm³/mol. The summed E-state index contributed by atoms with van der Waals surface area (Å²) in [6, 6.07) is 5.99. The molecule has 2 heterocycles. The number of rotatable bonds is 6. The minimum absolute atomic E-state index is 0.0382. The van der Waals surface area contributed by atoms with Crippen molar-refractivity contribution in [3.63, 3.8) is 0 Å². The van der Waals surface area contributed by atoms with E-state index in [9.17, 15) is 18.0 Å². The molecule has 0 radical (unpaired) electrons. The second kappa shape index (κ2) is 8.99. The highest BCUT2D eigenvalue weighted by molar-refractivity contribution is 7.89. The van der Waals surface area contributed by atoms with Crippen LogP contribution in [0.5, 0.6) is 0 Å². The molecule has 1 aromatic heterocycles. The van der Waals surface area contributed by atoms with Gasteiger partial charge in [-0.15, -0.1) is 0 Å². The number of nitrogens with one attached hydrogen (secondary N) is 1. The van der Waals surface area contributed by atoms with Crippen molar-refractivity contribution in [1.29, 1.82) is 0 Å². The molecular weight excluding hydrogens is 412 g/mol. The maximum atomic E-state index is 12.9. The molecule has 1 fully saturated rings. The minimum Gasteiger partial charge on any atom is -0.465 e. The number of hydrogen-bond acceptors (Lipinski definition) is 7. The lowest BCUT2D eigenvalue weighted by molar-refractivity contribution is 0.0598. The molecule has 1 N–H and O–H groups in total. The molecule has 1 amide bonds. The van der Waals surface area contributed by atoms with Crippen LogP contribution in [0.3, 0.4) is 0 Å². The van der Waals surface area contributed by atoms with Gasteiger partial charge >= 0.3 is 5.97 Å². The molecule has 30 heavy (non-hydrogen) atoms. The predicted octanol–water partition coefficient (Wildman–Crippen LogP) is 1.63. The number of carbonyl (C=O) groups is 2. The lowest BCUT2D eigenvalue weighted by Gasteiger charge is -2.26. The highest BCUT2D eigenvalue weighted by Gasteiger charge is 2.27. The highest BCUT2D eigenvalue weighted by Crippen LogP contribution is 2.21. The minimum atomic E-state index is -3.71. The van der Waals surface area contributed by atoms with Gasteiger partial charge < -0.3 is 19.2 Å². The van der Waals surface area contributed by atoms with Crippen molar-refractivity contribution in [2.45, 2.75) is 25.3 Å². The van der Waals surface area contributed by atoms with Crippen molar-refractivity contribution in [3.8, 4) is 0 Å². The van der Waals surface area contributed by atoms with Crippen molar-refractivity contribution in [2.75, 3.05) is 33.4 Å². The van der Waals surface area contributed by atoms with Crippen molar-refractivity contribution in [3.05, 3.63) is 52.5 Å². The lowest BCUT2D eigenvalue weighted by Crippen LogP contribution is -2.40. The second-order valence-electron chi connectivity index (χ2n) is 6.85. The number of morpholine rings is 1. The molecule has 1 saturated heterocycles. The fourth-order valence-electron chi connectivity index (χ4n) is 3.15. The largest absolute Gasteiger partial charge is 0.465 e. The molecule has 10 heteroatoms. The third-order valence-corrected chi connectivity index (χ3v) is 6.75. The first-order valence-electron chi connectivity index (χ1n) is 9.38. The van der Waals surface area contributed by atoms with Crippen LogP contribution in [0.2, 0.25) is 0 Å². The zero-order valence-corrected chi connectivity index (χ0v) is 17.9. The van der Waals surface area contributed by atoms with E-state index in [0.717, 1.165) is 0 Å². The van der Waals surface area contributed by atoms with E-state index in [4.69, 9.17) is 9.15 Å². The van der Waals surface area contributed by atoms with Gasteiger partial charge in [0.15, 0.2) is 0 Å². The number of methoxy groups -OCH3 is 1. The molecule has 2 aromatic rings. The summed E-state index contributed by atoms with van der Waals surface area (Å²) in [6.45, 7) is 4.63. The Hall–Kier alpha value is -2.69. The molecule has 0 bridgehead atoms. The quantitative estimate of drug-likeness (QED) is 0.685. The number of aryl methyl sites for hydroxylation is 2. The summed E-state index contributed by atoms with van der Waals surface area (Å²) >= 11 is 0. The van der Waals surface area contributed by atoms with Crippen molar-refractivity contribution in [2.24, 2.45) is 0 Å². The van der Waals surface area contributed by atoms with E-state index < -0.39 is 21.9 Å². The number of esters is 1. The van der Waals surface area contributed by atoms with Crippen LogP contribution in [0.25, 0.3) is 0 Å². The van der Waals surface area contributed by atoms with Crippen LogP contribution < -0.4 is 5.32 Å². The average Bonchev–Trinajstić information content (AvgIpc) is 3.12. The van der Waals surface area contributed by atoms with E-state index >= 15 is 0 Å². The van der Waals surface area contributed by atoms with Crippen LogP contribution in [0.4, 0.5) is 0 Å². The lowest BCUT2D eigenvalue weighted by atomic mass is 10.1. The number of benzene rings is 1. The molecule has 1 aliphatic rings. The van der Waals surface area contributed by atoms with Gasteiger partial charge in [-0.3, -0.25) is 4.79 Å². The van der Waals surface area contributed by atoms with Gasteiger partial charge in [-0.25, -0.2) is 13.2 Å². The SMILES string of the molecule is COC(=O)c1cc(CNC(=O)c2cc(S(=O)(=O)N3CCOCC3)ccc2C)oc1C. The van der Waals surface area contributed by atoms with Gasteiger partial charge in [-0.05, 0) is 37.6 Å². The Labute approximate surface area is 175 Å². The van der Waals surface area contributed by atoms with Gasteiger partial charge in [-0.1, -0.05) is 6.07 Å². The summed E-state index contributed by atoms with van der Waals surface area (Å²) in [5, 5.41) is 2.70. The van der Waals surface area contributed by atoms with Crippen LogP contribution >= 0.6 is 0 Å². The zero-order valence-electron chi connectivity index (χ0n) is 17.1. The van der Waals surface area contributed by atoms with Gasteiger partial charge in [0.25, 0.3) is 5.91 Å². The fraction of sp³-hybridized carbons (Fsp3) is 0.400. The molecule has 1 aromatic carbocycles. The van der Waals surface area contributed by atoms with Gasteiger partial charge in [0.1, 0.15) is 17.1 Å². The number of carbonyl (C=O) groups excluding carboxylic acids is 2. The van der Waals surface area contributed by atoms with Gasteiger partial charge in [0, 0.05) is 18.7 Å². The van der Waals surface area contributed by atoms with E-state index in [-0.39, 0.29) is 35.7 Å². The van der Waals surface area contributed by atoms with E-state index in [0.29, 0.717) is 30.3 Å². The third-order valence-electron chi connectivity index (χ3n) is 4.86. The summed E-state index contributed by atoms with van der Waals surface area (Å²) in [6.07, 6.45) is 0. The summed E-state index contributed by atoms with van der Waals surface area (Å²) < 4.78 is 42.5. The van der Waals surface area contributed by atoms with E-state index in [1.165, 1.54) is 29.6 Å². The monoisotopic (exact) mass is 436 g/mol. The Morgan fingerprint density at radius 3 is 2.50 bits per heavy atom. The summed E-state index contributed by atoms with van der Waals surface area (Å²) in [7, 11) is -2.44. The normalized spacial score (nSPS) is 15.0. The molecule has 0 unspecified atom stereocenters. The smallest absolute Gasteiger partial charge is 0.341 e. The van der Waals surface area contributed by atoms with Crippen LogP contribution in [0.1, 0.15) is 37.8 Å². The van der Waals surface area contributed by atoms with Crippen LogP contribution in [-0.4, -0.2) is 58.0 Å². The summed E-state index contributed by atoms with van der Waals surface area (Å²) in [4.78, 5) is 24.4. The number of hydrogen-bond donors (Lipinski definition) is 1. The molecule has 0 atom stereocenters. The average molecular weight is 436 g/mol. The molecule has 3 rings (SSSR count). The Morgan fingerprint density at radius 1 is 1.13 bits per heavy atom. The van der Waals surface area contributed by atoms with Crippen molar-refractivity contribution < 1.29 is 31.9 Å². The van der Waals surface area contributed by atoms with Crippen molar-refractivity contribution >= 4 is 21.9 Å². The Balaban J connectivity index is 1.76. The van der Waals surface area contributed by atoms with Crippen LogP contribution in [0.15, 0.2) is 33.6 Å². The number of sulfonamides is 1. The Kier molecular flexibility index (Phi) is 6.59. The molecule has 9 nitrogen and oxygen atoms in total. The molecule has 162 valence electrons. The van der Waals surface area contributed by atoms with E-state index in [1.807, 2.05) is 0 Å². The maximum absolute atomic E-state index is 12.9. The number of amides is 1. The maximum Gasteiger partial charge on any atom is 0.341 e. The van der Waals surface area contributed by atoms with Gasteiger partial charge in [0.2, 0.25) is 10.0 Å². The highest BCUT2D eigenvalue weighted by atomic mass is 32.2. The number of ether oxygens (including phenoxy) is 2. The summed E-state index contributed by atoms with van der Waals surface area (Å²) in [5.41, 5.74) is 1.18.